The van der Waals surface area contributed by atoms with Gasteiger partial charge in [-0.25, -0.2) is 4.98 Å². The molecule has 2 heterocycles. The monoisotopic (exact) mass is 442 g/mol. The van der Waals surface area contributed by atoms with E-state index in [-0.39, 0.29) is 24.4 Å². The number of amides is 2. The lowest BCUT2D eigenvalue weighted by molar-refractivity contribution is -0.136. The Morgan fingerprint density at radius 2 is 1.88 bits per heavy atom. The number of carbonyl (C=O) groups excluding carboxylic acids is 2. The maximum absolute atomic E-state index is 13.7. The highest BCUT2D eigenvalue weighted by Gasteiger charge is 2.34. The van der Waals surface area contributed by atoms with E-state index in [0.29, 0.717) is 24.6 Å². The molecule has 2 aromatic carbocycles. The second-order valence-electron chi connectivity index (χ2n) is 9.22. The van der Waals surface area contributed by atoms with E-state index in [0.717, 1.165) is 37.1 Å². The number of hydrogen-bond donors (Lipinski definition) is 0. The molecule has 6 heteroatoms. The lowest BCUT2D eigenvalue weighted by atomic mass is 9.80. The van der Waals surface area contributed by atoms with Gasteiger partial charge in [-0.1, -0.05) is 55.0 Å². The number of hydrogen-bond acceptors (Lipinski definition) is 3. The molecule has 0 spiro atoms. The van der Waals surface area contributed by atoms with Gasteiger partial charge in [0.15, 0.2) is 0 Å². The van der Waals surface area contributed by atoms with Crippen LogP contribution < -0.4 is 0 Å². The number of aromatic nitrogens is 2. The molecule has 0 radical (unpaired) electrons. The first-order chi connectivity index (χ1) is 16.1. The first-order valence-electron chi connectivity index (χ1n) is 11.8. The van der Waals surface area contributed by atoms with Crippen LogP contribution in [0.2, 0.25) is 0 Å². The zero-order valence-electron chi connectivity index (χ0n) is 19.1. The van der Waals surface area contributed by atoms with Crippen molar-refractivity contribution < 1.29 is 9.59 Å². The maximum Gasteiger partial charge on any atom is 0.254 e. The molecule has 2 unspecified atom stereocenters. The first kappa shape index (κ1) is 21.4. The summed E-state index contributed by atoms with van der Waals surface area (Å²) in [6.07, 6.45) is 7.83. The van der Waals surface area contributed by atoms with Crippen molar-refractivity contribution in [1.82, 2.24) is 19.4 Å². The fraction of sp³-hybridized carbons (Fsp3) is 0.370. The second kappa shape index (κ2) is 9.22. The summed E-state index contributed by atoms with van der Waals surface area (Å²) in [5, 5.41) is 0. The normalized spacial score (nSPS) is 20.0. The van der Waals surface area contributed by atoms with Gasteiger partial charge in [-0.3, -0.25) is 9.59 Å². The van der Waals surface area contributed by atoms with Gasteiger partial charge in [0.1, 0.15) is 12.4 Å². The zero-order valence-corrected chi connectivity index (χ0v) is 19.1. The molecule has 1 aromatic heterocycles. The van der Waals surface area contributed by atoms with Crippen molar-refractivity contribution in [2.75, 3.05) is 6.54 Å². The molecule has 2 atom stereocenters. The predicted molar refractivity (Wildman–Crippen MR) is 126 cm³/mol. The third kappa shape index (κ3) is 4.42. The molecule has 3 aromatic rings. The fourth-order valence-corrected chi connectivity index (χ4v) is 5.29. The second-order valence-corrected chi connectivity index (χ2v) is 9.22. The molecule has 1 saturated carbocycles. The van der Waals surface area contributed by atoms with Crippen LogP contribution in [0.25, 0.3) is 0 Å². The number of fused-ring (bicyclic) bond motifs is 1. The number of rotatable bonds is 6. The molecule has 2 amide bonds. The Morgan fingerprint density at radius 1 is 1.09 bits per heavy atom. The van der Waals surface area contributed by atoms with Crippen molar-refractivity contribution in [1.29, 1.82) is 0 Å². The summed E-state index contributed by atoms with van der Waals surface area (Å²) < 4.78 is 1.97. The van der Waals surface area contributed by atoms with Crippen molar-refractivity contribution in [2.24, 2.45) is 7.05 Å². The summed E-state index contributed by atoms with van der Waals surface area (Å²) in [6.45, 7) is 1.06. The lowest BCUT2D eigenvalue weighted by Gasteiger charge is -2.38. The topological polar surface area (TPSA) is 58.4 Å². The van der Waals surface area contributed by atoms with E-state index in [1.807, 2.05) is 53.0 Å². The number of carbonyl (C=O) groups is 2. The van der Waals surface area contributed by atoms with Gasteiger partial charge in [-0.05, 0) is 42.4 Å². The van der Waals surface area contributed by atoms with Gasteiger partial charge in [0.2, 0.25) is 5.91 Å². The van der Waals surface area contributed by atoms with Gasteiger partial charge in [0.25, 0.3) is 5.91 Å². The Bertz CT molecular complexity index is 1140. The summed E-state index contributed by atoms with van der Waals surface area (Å²) in [5.41, 5.74) is 3.05. The van der Waals surface area contributed by atoms with E-state index in [4.69, 9.17) is 0 Å². The molecule has 0 N–H and O–H groups in total. The smallest absolute Gasteiger partial charge is 0.254 e. The van der Waals surface area contributed by atoms with E-state index in [1.54, 1.807) is 11.1 Å². The van der Waals surface area contributed by atoms with Crippen LogP contribution in [0.4, 0.5) is 0 Å². The van der Waals surface area contributed by atoms with Crippen LogP contribution in [-0.4, -0.2) is 43.8 Å². The van der Waals surface area contributed by atoms with Crippen molar-refractivity contribution in [2.45, 2.75) is 50.7 Å². The minimum atomic E-state index is -0.0540. The largest absolute Gasteiger partial charge is 0.337 e. The maximum atomic E-state index is 13.7. The molecule has 1 aliphatic heterocycles. The third-order valence-electron chi connectivity index (χ3n) is 7.13. The standard InChI is InChI=1S/C27H30N4O2/c1-29-15-14-28-25(29)18-31(23-12-7-11-21(16-23)20-8-3-2-4-9-20)26(32)19-30-17-22-10-5-6-13-24(22)27(30)33/h2-6,8-10,13-15,21,23H,7,11-12,16-19H2,1H3. The molecule has 1 fully saturated rings. The van der Waals surface area contributed by atoms with E-state index in [2.05, 4.69) is 29.2 Å². The third-order valence-corrected chi connectivity index (χ3v) is 7.13. The molecule has 6 nitrogen and oxygen atoms in total. The summed E-state index contributed by atoms with van der Waals surface area (Å²) >= 11 is 0. The SMILES string of the molecule is Cn1ccnc1CN(C(=O)CN1Cc2ccccc2C1=O)C1CCCC(c2ccccc2)C1. The molecular weight excluding hydrogens is 412 g/mol. The predicted octanol–water partition coefficient (Wildman–Crippen LogP) is 4.13. The molecule has 0 bridgehead atoms. The molecule has 170 valence electrons. The number of nitrogens with zero attached hydrogens (tertiary/aromatic N) is 4. The average molecular weight is 443 g/mol. The van der Waals surface area contributed by atoms with Crippen LogP contribution in [0.3, 0.4) is 0 Å². The molecule has 33 heavy (non-hydrogen) atoms. The van der Waals surface area contributed by atoms with Crippen LogP contribution in [0.1, 0.15) is 58.9 Å². The minimum Gasteiger partial charge on any atom is -0.337 e. The zero-order chi connectivity index (χ0) is 22.8. The van der Waals surface area contributed by atoms with Crippen LogP contribution in [0.5, 0.6) is 0 Å². The van der Waals surface area contributed by atoms with Gasteiger partial charge in [-0.15, -0.1) is 0 Å². The van der Waals surface area contributed by atoms with E-state index in [9.17, 15) is 9.59 Å². The van der Waals surface area contributed by atoms with Crippen molar-refractivity contribution in [3.8, 4) is 0 Å². The van der Waals surface area contributed by atoms with Crippen molar-refractivity contribution in [3.05, 3.63) is 89.5 Å². The lowest BCUT2D eigenvalue weighted by Crippen LogP contribution is -2.47. The van der Waals surface area contributed by atoms with Gasteiger partial charge in [-0.2, -0.15) is 0 Å². The Balaban J connectivity index is 1.36. The average Bonchev–Trinajstić information content (AvgIpc) is 3.40. The number of aryl methyl sites for hydroxylation is 1. The van der Waals surface area contributed by atoms with Crippen LogP contribution >= 0.6 is 0 Å². The first-order valence-corrected chi connectivity index (χ1v) is 11.8. The minimum absolute atomic E-state index is 0.00197. The highest BCUT2D eigenvalue weighted by molar-refractivity contribution is 6.00. The van der Waals surface area contributed by atoms with Gasteiger partial charge in [0, 0.05) is 37.6 Å². The van der Waals surface area contributed by atoms with Gasteiger partial charge < -0.3 is 14.4 Å². The molecular formula is C27H30N4O2. The van der Waals surface area contributed by atoms with Crippen LogP contribution in [-0.2, 0) is 24.9 Å². The molecule has 2 aliphatic rings. The Morgan fingerprint density at radius 3 is 2.64 bits per heavy atom. The summed E-state index contributed by atoms with van der Waals surface area (Å²) in [5.74, 6) is 1.25. The quantitative estimate of drug-likeness (QED) is 0.577. The van der Waals surface area contributed by atoms with Gasteiger partial charge in [0.05, 0.1) is 6.54 Å². The Kier molecular flexibility index (Phi) is 5.99. The van der Waals surface area contributed by atoms with E-state index < -0.39 is 0 Å². The van der Waals surface area contributed by atoms with E-state index in [1.165, 1.54) is 5.56 Å². The number of imidazole rings is 1. The van der Waals surface area contributed by atoms with Crippen molar-refractivity contribution >= 4 is 11.8 Å². The number of benzene rings is 2. The molecule has 5 rings (SSSR count). The highest BCUT2D eigenvalue weighted by atomic mass is 16.2. The van der Waals surface area contributed by atoms with E-state index >= 15 is 0 Å². The Hall–Kier alpha value is -3.41. The molecule has 0 saturated heterocycles. The summed E-state index contributed by atoms with van der Waals surface area (Å²) in [4.78, 5) is 34.7. The molecule has 1 aliphatic carbocycles. The van der Waals surface area contributed by atoms with Crippen molar-refractivity contribution in [3.63, 3.8) is 0 Å². The fourth-order valence-electron chi connectivity index (χ4n) is 5.29. The Labute approximate surface area is 194 Å². The van der Waals surface area contributed by atoms with Gasteiger partial charge >= 0.3 is 0 Å². The van der Waals surface area contributed by atoms with Crippen LogP contribution in [0.15, 0.2) is 67.0 Å². The van der Waals surface area contributed by atoms with Crippen LogP contribution in [0, 0.1) is 0 Å². The summed E-state index contributed by atoms with van der Waals surface area (Å²) in [6, 6.07) is 18.4. The summed E-state index contributed by atoms with van der Waals surface area (Å²) in [7, 11) is 1.96. The highest BCUT2D eigenvalue weighted by Crippen LogP contribution is 2.35.